The number of benzene rings is 1. The highest BCUT2D eigenvalue weighted by Crippen LogP contribution is 2.27. The molecule has 0 saturated heterocycles. The first-order valence-corrected chi connectivity index (χ1v) is 7.36. The number of para-hydroxylation sites is 1. The molecule has 0 spiro atoms. The van der Waals surface area contributed by atoms with Crippen LogP contribution in [0.15, 0.2) is 24.3 Å². The van der Waals surface area contributed by atoms with E-state index in [1.54, 1.807) is 0 Å². The normalized spacial score (nSPS) is 14.6. The number of carbonyl (C=O) groups excluding carboxylic acids is 1. The summed E-state index contributed by atoms with van der Waals surface area (Å²) in [5, 5.41) is 0. The lowest BCUT2D eigenvalue weighted by atomic mass is 10.0. The molecular formula is C16H24N2O. The number of aryl methyl sites for hydroxylation is 1. The van der Waals surface area contributed by atoms with Crippen molar-refractivity contribution < 1.29 is 4.79 Å². The average Bonchev–Trinajstić information content (AvgIpc) is 2.47. The standard InChI is InChI=1S/C16H24N2O/c1-3-17(4-2)13-11-16(19)18-12-7-9-14-8-5-6-10-15(14)18/h5-6,8,10H,3-4,7,9,11-13H2,1-2H3. The van der Waals surface area contributed by atoms with Gasteiger partial charge in [0.25, 0.3) is 0 Å². The summed E-state index contributed by atoms with van der Waals surface area (Å²) in [6, 6.07) is 8.29. The second-order valence-corrected chi connectivity index (χ2v) is 5.05. The Morgan fingerprint density at radius 3 is 2.74 bits per heavy atom. The third-order valence-electron chi connectivity index (χ3n) is 3.95. The van der Waals surface area contributed by atoms with Gasteiger partial charge in [0.15, 0.2) is 0 Å². The van der Waals surface area contributed by atoms with Gasteiger partial charge in [0.2, 0.25) is 5.91 Å². The Morgan fingerprint density at radius 1 is 1.26 bits per heavy atom. The molecular weight excluding hydrogens is 236 g/mol. The number of hydrogen-bond acceptors (Lipinski definition) is 2. The SMILES string of the molecule is CCN(CC)CCC(=O)N1CCCc2ccccc21. The molecule has 1 aliphatic heterocycles. The Morgan fingerprint density at radius 2 is 2.00 bits per heavy atom. The quantitative estimate of drug-likeness (QED) is 0.812. The minimum absolute atomic E-state index is 0.263. The molecule has 1 heterocycles. The molecule has 3 nitrogen and oxygen atoms in total. The number of hydrogen-bond donors (Lipinski definition) is 0. The number of amides is 1. The maximum absolute atomic E-state index is 12.4. The fourth-order valence-electron chi connectivity index (χ4n) is 2.72. The number of nitrogens with zero attached hydrogens (tertiary/aromatic N) is 2. The summed E-state index contributed by atoms with van der Waals surface area (Å²) in [7, 11) is 0. The summed E-state index contributed by atoms with van der Waals surface area (Å²) >= 11 is 0. The van der Waals surface area contributed by atoms with Crippen LogP contribution in [0.4, 0.5) is 5.69 Å². The van der Waals surface area contributed by atoms with Crippen molar-refractivity contribution in [2.45, 2.75) is 33.1 Å². The van der Waals surface area contributed by atoms with Crippen LogP contribution in [0.2, 0.25) is 0 Å². The second kappa shape index (κ2) is 6.71. The summed E-state index contributed by atoms with van der Waals surface area (Å²) < 4.78 is 0. The van der Waals surface area contributed by atoms with Crippen LogP contribution in [-0.2, 0) is 11.2 Å². The minimum Gasteiger partial charge on any atom is -0.312 e. The third-order valence-corrected chi connectivity index (χ3v) is 3.95. The van der Waals surface area contributed by atoms with E-state index in [4.69, 9.17) is 0 Å². The summed E-state index contributed by atoms with van der Waals surface area (Å²) in [6.45, 7) is 8.05. The van der Waals surface area contributed by atoms with Gasteiger partial charge in [-0.2, -0.15) is 0 Å². The lowest BCUT2D eigenvalue weighted by Gasteiger charge is -2.30. The van der Waals surface area contributed by atoms with Gasteiger partial charge in [0, 0.05) is 25.2 Å². The Kier molecular flexibility index (Phi) is 4.97. The van der Waals surface area contributed by atoms with Crippen LogP contribution < -0.4 is 4.90 Å². The van der Waals surface area contributed by atoms with Crippen LogP contribution in [0, 0.1) is 0 Å². The van der Waals surface area contributed by atoms with E-state index in [9.17, 15) is 4.79 Å². The van der Waals surface area contributed by atoms with Crippen molar-refractivity contribution in [1.29, 1.82) is 0 Å². The molecule has 0 fully saturated rings. The first kappa shape index (κ1) is 14.1. The van der Waals surface area contributed by atoms with Crippen molar-refractivity contribution in [2.75, 3.05) is 31.1 Å². The van der Waals surface area contributed by atoms with E-state index in [2.05, 4.69) is 36.9 Å². The van der Waals surface area contributed by atoms with Crippen LogP contribution in [0.3, 0.4) is 0 Å². The van der Waals surface area contributed by atoms with Crippen LogP contribution in [0.5, 0.6) is 0 Å². The third kappa shape index (κ3) is 3.35. The van der Waals surface area contributed by atoms with Gasteiger partial charge < -0.3 is 9.80 Å². The zero-order chi connectivity index (χ0) is 13.7. The summed E-state index contributed by atoms with van der Waals surface area (Å²) in [4.78, 5) is 16.7. The molecule has 0 saturated carbocycles. The predicted octanol–water partition coefficient (Wildman–Crippen LogP) is 2.70. The molecule has 0 unspecified atom stereocenters. The molecule has 1 amide bonds. The van der Waals surface area contributed by atoms with Crippen molar-refractivity contribution in [2.24, 2.45) is 0 Å². The highest BCUT2D eigenvalue weighted by Gasteiger charge is 2.21. The maximum atomic E-state index is 12.4. The topological polar surface area (TPSA) is 23.6 Å². The summed E-state index contributed by atoms with van der Waals surface area (Å²) in [5.41, 5.74) is 2.43. The molecule has 0 atom stereocenters. The van der Waals surface area contributed by atoms with Crippen molar-refractivity contribution >= 4 is 11.6 Å². The van der Waals surface area contributed by atoms with Gasteiger partial charge in [0.05, 0.1) is 0 Å². The molecule has 2 rings (SSSR count). The zero-order valence-electron chi connectivity index (χ0n) is 12.1. The molecule has 3 heteroatoms. The van der Waals surface area contributed by atoms with E-state index in [1.165, 1.54) is 5.56 Å². The molecule has 1 aromatic carbocycles. The van der Waals surface area contributed by atoms with Gasteiger partial charge in [-0.1, -0.05) is 32.0 Å². The lowest BCUT2D eigenvalue weighted by Crippen LogP contribution is -2.37. The van der Waals surface area contributed by atoms with Crippen molar-refractivity contribution in [1.82, 2.24) is 4.90 Å². The average molecular weight is 260 g/mol. The fourth-order valence-corrected chi connectivity index (χ4v) is 2.72. The molecule has 0 bridgehead atoms. The van der Waals surface area contributed by atoms with Gasteiger partial charge in [-0.3, -0.25) is 4.79 Å². The molecule has 1 aliphatic rings. The molecule has 0 N–H and O–H groups in total. The highest BCUT2D eigenvalue weighted by molar-refractivity contribution is 5.94. The maximum Gasteiger partial charge on any atom is 0.228 e. The first-order valence-electron chi connectivity index (χ1n) is 7.36. The lowest BCUT2D eigenvalue weighted by molar-refractivity contribution is -0.119. The molecule has 0 aliphatic carbocycles. The smallest absolute Gasteiger partial charge is 0.228 e. The Bertz CT molecular complexity index is 427. The molecule has 0 aromatic heterocycles. The van der Waals surface area contributed by atoms with Gasteiger partial charge in [-0.15, -0.1) is 0 Å². The van der Waals surface area contributed by atoms with Gasteiger partial charge in [-0.05, 0) is 37.6 Å². The molecule has 19 heavy (non-hydrogen) atoms. The largest absolute Gasteiger partial charge is 0.312 e. The van der Waals surface area contributed by atoms with E-state index in [1.807, 2.05) is 11.0 Å². The van der Waals surface area contributed by atoms with Gasteiger partial charge in [-0.25, -0.2) is 0 Å². The van der Waals surface area contributed by atoms with E-state index in [0.29, 0.717) is 6.42 Å². The molecule has 1 aromatic rings. The van der Waals surface area contributed by atoms with Crippen LogP contribution in [-0.4, -0.2) is 37.0 Å². The summed E-state index contributed by atoms with van der Waals surface area (Å²) in [5.74, 6) is 0.263. The second-order valence-electron chi connectivity index (χ2n) is 5.05. The van der Waals surface area contributed by atoms with E-state index in [0.717, 1.165) is 44.7 Å². The Hall–Kier alpha value is -1.35. The van der Waals surface area contributed by atoms with Gasteiger partial charge in [0.1, 0.15) is 0 Å². The monoisotopic (exact) mass is 260 g/mol. The van der Waals surface area contributed by atoms with Crippen molar-refractivity contribution in [3.63, 3.8) is 0 Å². The van der Waals surface area contributed by atoms with Crippen LogP contribution in [0.1, 0.15) is 32.3 Å². The minimum atomic E-state index is 0.263. The van der Waals surface area contributed by atoms with Crippen molar-refractivity contribution in [3.8, 4) is 0 Å². The number of carbonyl (C=O) groups is 1. The number of fused-ring (bicyclic) bond motifs is 1. The fraction of sp³-hybridized carbons (Fsp3) is 0.562. The van der Waals surface area contributed by atoms with Crippen LogP contribution in [0.25, 0.3) is 0 Å². The van der Waals surface area contributed by atoms with Gasteiger partial charge >= 0.3 is 0 Å². The Labute approximate surface area is 116 Å². The number of anilines is 1. The van der Waals surface area contributed by atoms with E-state index < -0.39 is 0 Å². The summed E-state index contributed by atoms with van der Waals surface area (Å²) in [6.07, 6.45) is 2.79. The Balaban J connectivity index is 2.01. The highest BCUT2D eigenvalue weighted by atomic mass is 16.2. The van der Waals surface area contributed by atoms with Crippen molar-refractivity contribution in [3.05, 3.63) is 29.8 Å². The zero-order valence-corrected chi connectivity index (χ0v) is 12.1. The van der Waals surface area contributed by atoms with Crippen LogP contribution >= 0.6 is 0 Å². The first-order chi connectivity index (χ1) is 9.26. The van der Waals surface area contributed by atoms with E-state index >= 15 is 0 Å². The predicted molar refractivity (Wildman–Crippen MR) is 79.5 cm³/mol. The number of rotatable bonds is 5. The molecule has 104 valence electrons. The molecule has 0 radical (unpaired) electrons. The van der Waals surface area contributed by atoms with E-state index in [-0.39, 0.29) is 5.91 Å².